The third kappa shape index (κ3) is 2.02. The molecule has 0 aliphatic heterocycles. The summed E-state index contributed by atoms with van der Waals surface area (Å²) in [5.41, 5.74) is 0.950. The van der Waals surface area contributed by atoms with Crippen molar-refractivity contribution in [2.24, 2.45) is 0 Å². The molecule has 0 aliphatic carbocycles. The lowest BCUT2D eigenvalue weighted by Crippen LogP contribution is -1.96. The van der Waals surface area contributed by atoms with E-state index < -0.39 is 5.97 Å². The predicted octanol–water partition coefficient (Wildman–Crippen LogP) is 2.21. The zero-order valence-electron chi connectivity index (χ0n) is 7.97. The number of nitrogens with zero attached hydrogens (tertiary/aromatic N) is 2. The van der Waals surface area contributed by atoms with Gasteiger partial charge in [0.05, 0.1) is 21.1 Å². The van der Waals surface area contributed by atoms with Crippen LogP contribution in [0.3, 0.4) is 0 Å². The number of hydrogen-bond donors (Lipinski definition) is 1. The number of aromatic carboxylic acids is 1. The molecule has 2 heterocycles. The van der Waals surface area contributed by atoms with Crippen LogP contribution >= 0.6 is 11.3 Å². The summed E-state index contributed by atoms with van der Waals surface area (Å²) in [4.78, 5) is 19.7. The van der Waals surface area contributed by atoms with Crippen LogP contribution in [0.5, 0.6) is 0 Å². The molecule has 0 fully saturated rings. The highest BCUT2D eigenvalue weighted by Crippen LogP contribution is 2.23. The molecule has 0 aliphatic rings. The molecule has 4 nitrogen and oxygen atoms in total. The number of pyridine rings is 1. The monoisotopic (exact) mass is 220 g/mol. The van der Waals surface area contributed by atoms with Gasteiger partial charge in [-0.3, -0.25) is 4.98 Å². The Kier molecular flexibility index (Phi) is 2.47. The number of hydrogen-bond acceptors (Lipinski definition) is 4. The fourth-order valence-electron chi connectivity index (χ4n) is 1.15. The lowest BCUT2D eigenvalue weighted by atomic mass is 10.2. The quantitative estimate of drug-likeness (QED) is 0.842. The lowest BCUT2D eigenvalue weighted by Gasteiger charge is -1.96. The number of aryl methyl sites for hydroxylation is 1. The van der Waals surface area contributed by atoms with E-state index in [9.17, 15) is 4.79 Å². The number of carbonyl (C=O) groups is 1. The summed E-state index contributed by atoms with van der Waals surface area (Å²) >= 11 is 1.53. The molecule has 0 saturated heterocycles. The highest BCUT2D eigenvalue weighted by molar-refractivity contribution is 7.15. The molecule has 0 amide bonds. The molecule has 15 heavy (non-hydrogen) atoms. The number of thiazole rings is 1. The van der Waals surface area contributed by atoms with Crippen molar-refractivity contribution >= 4 is 17.3 Å². The van der Waals surface area contributed by atoms with Crippen molar-refractivity contribution in [1.82, 2.24) is 9.97 Å². The zero-order chi connectivity index (χ0) is 10.8. The summed E-state index contributed by atoms with van der Waals surface area (Å²) in [7, 11) is 0. The average Bonchev–Trinajstić information content (AvgIpc) is 2.65. The topological polar surface area (TPSA) is 63.1 Å². The van der Waals surface area contributed by atoms with Crippen LogP contribution in [-0.4, -0.2) is 21.0 Å². The van der Waals surface area contributed by atoms with E-state index >= 15 is 0 Å². The molecule has 5 heteroatoms. The van der Waals surface area contributed by atoms with E-state index in [1.165, 1.54) is 17.5 Å². The van der Waals surface area contributed by atoms with Gasteiger partial charge in [0, 0.05) is 12.4 Å². The minimum atomic E-state index is -0.963. The van der Waals surface area contributed by atoms with Gasteiger partial charge < -0.3 is 5.11 Å². The van der Waals surface area contributed by atoms with Crippen molar-refractivity contribution in [3.05, 3.63) is 35.1 Å². The Bertz CT molecular complexity index is 490. The lowest BCUT2D eigenvalue weighted by molar-refractivity contribution is 0.0696. The van der Waals surface area contributed by atoms with E-state index in [0.717, 1.165) is 15.6 Å². The second-order valence-corrected chi connectivity index (χ2v) is 4.22. The fourth-order valence-corrected chi connectivity index (χ4v) is 1.90. The molecular formula is C10H8N2O2S. The summed E-state index contributed by atoms with van der Waals surface area (Å²) < 4.78 is 0. The summed E-state index contributed by atoms with van der Waals surface area (Å²) in [6, 6.07) is 3.23. The van der Waals surface area contributed by atoms with E-state index in [0.29, 0.717) is 0 Å². The molecule has 2 aromatic heterocycles. The fraction of sp³-hybridized carbons (Fsp3) is 0.100. The Balaban J connectivity index is 2.35. The van der Waals surface area contributed by atoms with Gasteiger partial charge in [0.1, 0.15) is 0 Å². The van der Waals surface area contributed by atoms with Crippen LogP contribution in [0.15, 0.2) is 24.5 Å². The highest BCUT2D eigenvalue weighted by atomic mass is 32.1. The van der Waals surface area contributed by atoms with Crippen LogP contribution in [0.25, 0.3) is 10.6 Å². The van der Waals surface area contributed by atoms with Gasteiger partial charge >= 0.3 is 5.97 Å². The molecule has 0 bridgehead atoms. The molecular weight excluding hydrogens is 212 g/mol. The largest absolute Gasteiger partial charge is 0.478 e. The van der Waals surface area contributed by atoms with E-state index in [1.54, 1.807) is 18.3 Å². The van der Waals surface area contributed by atoms with Crippen LogP contribution < -0.4 is 0 Å². The van der Waals surface area contributed by atoms with Gasteiger partial charge in [-0.05, 0) is 19.1 Å². The Labute approximate surface area is 90.3 Å². The maximum Gasteiger partial charge on any atom is 0.337 e. The summed E-state index contributed by atoms with van der Waals surface area (Å²) in [5.74, 6) is -0.963. The molecule has 0 unspecified atom stereocenters. The van der Waals surface area contributed by atoms with E-state index in [2.05, 4.69) is 9.97 Å². The van der Waals surface area contributed by atoms with Crippen LogP contribution in [0.4, 0.5) is 0 Å². The highest BCUT2D eigenvalue weighted by Gasteiger charge is 2.06. The third-order valence-electron chi connectivity index (χ3n) is 1.88. The first-order chi connectivity index (χ1) is 7.16. The van der Waals surface area contributed by atoms with Gasteiger partial charge in [0.25, 0.3) is 0 Å². The van der Waals surface area contributed by atoms with Crippen molar-refractivity contribution in [1.29, 1.82) is 0 Å². The Morgan fingerprint density at radius 2 is 2.13 bits per heavy atom. The molecule has 2 rings (SSSR count). The molecule has 76 valence electrons. The molecule has 0 saturated carbocycles. The SMILES string of the molecule is Cc1ncc(-c2ccc(C(=O)O)cn2)s1. The molecule has 1 N–H and O–H groups in total. The summed E-state index contributed by atoms with van der Waals surface area (Å²) in [5, 5.41) is 9.67. The maximum absolute atomic E-state index is 10.6. The van der Waals surface area contributed by atoms with Crippen molar-refractivity contribution in [3.8, 4) is 10.6 Å². The van der Waals surface area contributed by atoms with Crippen molar-refractivity contribution in [2.75, 3.05) is 0 Å². The van der Waals surface area contributed by atoms with Gasteiger partial charge in [0.15, 0.2) is 0 Å². The molecule has 2 aromatic rings. The van der Waals surface area contributed by atoms with Crippen LogP contribution in [0.1, 0.15) is 15.4 Å². The molecule has 0 radical (unpaired) electrons. The third-order valence-corrected chi connectivity index (χ3v) is 2.82. The Hall–Kier alpha value is -1.75. The first-order valence-electron chi connectivity index (χ1n) is 4.29. The second-order valence-electron chi connectivity index (χ2n) is 2.98. The maximum atomic E-state index is 10.6. The van der Waals surface area contributed by atoms with E-state index in [1.807, 2.05) is 6.92 Å². The van der Waals surface area contributed by atoms with Crippen molar-refractivity contribution in [2.45, 2.75) is 6.92 Å². The first-order valence-corrected chi connectivity index (χ1v) is 5.10. The molecule has 0 atom stereocenters. The second kappa shape index (κ2) is 3.78. The minimum Gasteiger partial charge on any atom is -0.478 e. The number of carboxylic acids is 1. The molecule has 0 spiro atoms. The van der Waals surface area contributed by atoms with E-state index in [-0.39, 0.29) is 5.56 Å². The normalized spacial score (nSPS) is 10.2. The van der Waals surface area contributed by atoms with Crippen LogP contribution in [0.2, 0.25) is 0 Å². The Morgan fingerprint density at radius 1 is 1.33 bits per heavy atom. The average molecular weight is 220 g/mol. The van der Waals surface area contributed by atoms with Crippen molar-refractivity contribution in [3.63, 3.8) is 0 Å². The van der Waals surface area contributed by atoms with Gasteiger partial charge in [0.2, 0.25) is 0 Å². The number of rotatable bonds is 2. The zero-order valence-corrected chi connectivity index (χ0v) is 8.78. The first kappa shape index (κ1) is 9.79. The minimum absolute atomic E-state index is 0.194. The van der Waals surface area contributed by atoms with Gasteiger partial charge in [-0.25, -0.2) is 9.78 Å². The molecule has 0 aromatic carbocycles. The summed E-state index contributed by atoms with van der Waals surface area (Å²) in [6.45, 7) is 1.92. The van der Waals surface area contributed by atoms with Crippen LogP contribution in [0, 0.1) is 6.92 Å². The predicted molar refractivity (Wildman–Crippen MR) is 57.0 cm³/mol. The Morgan fingerprint density at radius 3 is 2.60 bits per heavy atom. The number of aromatic nitrogens is 2. The van der Waals surface area contributed by atoms with Gasteiger partial charge in [-0.2, -0.15) is 0 Å². The summed E-state index contributed by atoms with van der Waals surface area (Å²) in [6.07, 6.45) is 3.09. The number of carboxylic acid groups (broad SMARTS) is 1. The smallest absolute Gasteiger partial charge is 0.337 e. The van der Waals surface area contributed by atoms with Gasteiger partial charge in [-0.1, -0.05) is 0 Å². The standard InChI is InChI=1S/C10H8N2O2S/c1-6-11-5-9(15-6)8-3-2-7(4-12-8)10(13)14/h2-5H,1H3,(H,13,14). The van der Waals surface area contributed by atoms with Crippen molar-refractivity contribution < 1.29 is 9.90 Å². The van der Waals surface area contributed by atoms with Gasteiger partial charge in [-0.15, -0.1) is 11.3 Å². The van der Waals surface area contributed by atoms with Crippen LogP contribution in [-0.2, 0) is 0 Å². The van der Waals surface area contributed by atoms with E-state index in [4.69, 9.17) is 5.11 Å².